The highest BCUT2D eigenvalue weighted by Gasteiger charge is 2.34. The van der Waals surface area contributed by atoms with Crippen LogP contribution in [0.1, 0.15) is 93.7 Å². The molecule has 2 heterocycles. The summed E-state index contributed by atoms with van der Waals surface area (Å²) in [4.78, 5) is 18.7. The first-order chi connectivity index (χ1) is 15.7. The van der Waals surface area contributed by atoms with Crippen LogP contribution in [0.4, 0.5) is 0 Å². The molecular weight excluding hydrogens is 400 g/mol. The lowest BCUT2D eigenvalue weighted by Crippen LogP contribution is -2.39. The molecule has 0 aliphatic heterocycles. The molecule has 2 aliphatic rings. The summed E-state index contributed by atoms with van der Waals surface area (Å²) in [6.45, 7) is 4.88. The highest BCUT2D eigenvalue weighted by Crippen LogP contribution is 2.36. The number of fused-ring (bicyclic) bond motifs is 1. The van der Waals surface area contributed by atoms with Gasteiger partial charge in [-0.3, -0.25) is 9.69 Å². The van der Waals surface area contributed by atoms with E-state index in [1.165, 1.54) is 38.5 Å². The quantitative estimate of drug-likeness (QED) is 0.576. The lowest BCUT2D eigenvalue weighted by Gasteiger charge is -2.35. The topological polar surface area (TPSA) is 79.7 Å². The van der Waals surface area contributed by atoms with Gasteiger partial charge >= 0.3 is 0 Å². The molecule has 3 aromatic rings. The third-order valence-corrected chi connectivity index (χ3v) is 7.59. The number of benzene rings is 1. The molecule has 7 heteroatoms. The van der Waals surface area contributed by atoms with Crippen LogP contribution in [0.5, 0.6) is 0 Å². The van der Waals surface area contributed by atoms with E-state index in [0.29, 0.717) is 18.6 Å². The Morgan fingerprint density at radius 3 is 2.66 bits per heavy atom. The molecule has 5 rings (SSSR count). The number of pyridine rings is 1. The molecule has 2 aromatic heterocycles. The second kappa shape index (κ2) is 9.14. The standard InChI is InChI=1S/C25H34N6O/c1-3-22(24-27-28-29-31(24)21-13-6-7-14-21)30(20-11-4-5-12-20)16-19-15-18-10-8-9-17(2)23(18)26-25(19)32/h8-10,15,20-22H,3-7,11-14,16H2,1-2H3,(H,26,32)/t22-/m1/s1. The van der Waals surface area contributed by atoms with Crippen molar-refractivity contribution in [3.8, 4) is 0 Å². The van der Waals surface area contributed by atoms with Gasteiger partial charge in [-0.2, -0.15) is 0 Å². The lowest BCUT2D eigenvalue weighted by atomic mass is 10.0. The number of aromatic amines is 1. The van der Waals surface area contributed by atoms with Gasteiger partial charge in [0.1, 0.15) is 0 Å². The van der Waals surface area contributed by atoms with Crippen LogP contribution in [0.15, 0.2) is 29.1 Å². The maximum absolute atomic E-state index is 13.1. The van der Waals surface area contributed by atoms with E-state index in [-0.39, 0.29) is 11.6 Å². The normalized spacial score (nSPS) is 18.8. The molecule has 2 fully saturated rings. The van der Waals surface area contributed by atoms with Gasteiger partial charge < -0.3 is 4.98 Å². The smallest absolute Gasteiger partial charge is 0.252 e. The lowest BCUT2D eigenvalue weighted by molar-refractivity contribution is 0.110. The number of nitrogens with one attached hydrogen (secondary N) is 1. The number of tetrazole rings is 1. The first-order valence-corrected chi connectivity index (χ1v) is 12.3. The van der Waals surface area contributed by atoms with Gasteiger partial charge in [0.05, 0.1) is 17.6 Å². The summed E-state index contributed by atoms with van der Waals surface area (Å²) < 4.78 is 2.09. The van der Waals surface area contributed by atoms with E-state index in [9.17, 15) is 4.79 Å². The summed E-state index contributed by atoms with van der Waals surface area (Å²) in [7, 11) is 0. The van der Waals surface area contributed by atoms with Gasteiger partial charge in [0.15, 0.2) is 5.82 Å². The number of aromatic nitrogens is 5. The van der Waals surface area contributed by atoms with Crippen LogP contribution >= 0.6 is 0 Å². The summed E-state index contributed by atoms with van der Waals surface area (Å²) in [5.41, 5.74) is 2.88. The van der Waals surface area contributed by atoms with Gasteiger partial charge in [-0.15, -0.1) is 5.10 Å². The highest BCUT2D eigenvalue weighted by atomic mass is 16.1. The van der Waals surface area contributed by atoms with Crippen LogP contribution < -0.4 is 5.56 Å². The number of nitrogens with zero attached hydrogens (tertiary/aromatic N) is 5. The van der Waals surface area contributed by atoms with Crippen molar-refractivity contribution in [2.24, 2.45) is 0 Å². The Kier molecular flexibility index (Phi) is 6.09. The zero-order chi connectivity index (χ0) is 22.1. The van der Waals surface area contributed by atoms with Crippen LogP contribution in [0.2, 0.25) is 0 Å². The van der Waals surface area contributed by atoms with Crippen LogP contribution in [0.25, 0.3) is 10.9 Å². The number of para-hydroxylation sites is 1. The molecule has 2 saturated carbocycles. The average Bonchev–Trinajstić information content (AvgIpc) is 3.56. The van der Waals surface area contributed by atoms with Crippen molar-refractivity contribution in [1.82, 2.24) is 30.1 Å². The van der Waals surface area contributed by atoms with Crippen molar-refractivity contribution in [1.29, 1.82) is 0 Å². The van der Waals surface area contributed by atoms with E-state index in [2.05, 4.69) is 55.2 Å². The van der Waals surface area contributed by atoms with Crippen LogP contribution in [0.3, 0.4) is 0 Å². The Labute approximate surface area is 189 Å². The van der Waals surface area contributed by atoms with Crippen molar-refractivity contribution in [3.63, 3.8) is 0 Å². The first-order valence-electron chi connectivity index (χ1n) is 12.3. The van der Waals surface area contributed by atoms with Crippen molar-refractivity contribution < 1.29 is 0 Å². The summed E-state index contributed by atoms with van der Waals surface area (Å²) in [6.07, 6.45) is 10.6. The molecule has 0 unspecified atom stereocenters. The fourth-order valence-electron chi connectivity index (χ4n) is 5.87. The molecule has 1 atom stereocenters. The Bertz CT molecular complexity index is 1120. The molecule has 0 amide bonds. The highest BCUT2D eigenvalue weighted by molar-refractivity contribution is 5.81. The van der Waals surface area contributed by atoms with Gasteiger partial charge in [-0.05, 0) is 66.5 Å². The molecule has 0 radical (unpaired) electrons. The number of H-pyrrole nitrogens is 1. The molecular formula is C25H34N6O. The van der Waals surface area contributed by atoms with E-state index in [1.807, 2.05) is 13.0 Å². The molecule has 1 aromatic carbocycles. The van der Waals surface area contributed by atoms with Gasteiger partial charge in [-0.25, -0.2) is 4.68 Å². The van der Waals surface area contributed by atoms with E-state index < -0.39 is 0 Å². The monoisotopic (exact) mass is 434 g/mol. The number of hydrogen-bond acceptors (Lipinski definition) is 5. The van der Waals surface area contributed by atoms with E-state index in [4.69, 9.17) is 0 Å². The molecule has 0 saturated heterocycles. The predicted molar refractivity (Wildman–Crippen MR) is 125 cm³/mol. The van der Waals surface area contributed by atoms with Gasteiger partial charge in [-0.1, -0.05) is 50.8 Å². The first kappa shape index (κ1) is 21.3. The number of rotatable bonds is 7. The second-order valence-corrected chi connectivity index (χ2v) is 9.62. The molecule has 0 bridgehead atoms. The van der Waals surface area contributed by atoms with Crippen molar-refractivity contribution in [2.75, 3.05) is 0 Å². The van der Waals surface area contributed by atoms with Crippen LogP contribution in [-0.2, 0) is 6.54 Å². The summed E-state index contributed by atoms with van der Waals surface area (Å²) >= 11 is 0. The van der Waals surface area contributed by atoms with Crippen molar-refractivity contribution >= 4 is 10.9 Å². The molecule has 170 valence electrons. The maximum Gasteiger partial charge on any atom is 0.252 e. The van der Waals surface area contributed by atoms with E-state index in [0.717, 1.165) is 47.1 Å². The fraction of sp³-hybridized carbons (Fsp3) is 0.600. The zero-order valence-electron chi connectivity index (χ0n) is 19.3. The molecule has 7 nitrogen and oxygen atoms in total. The van der Waals surface area contributed by atoms with Gasteiger partial charge in [0, 0.05) is 18.2 Å². The summed E-state index contributed by atoms with van der Waals surface area (Å²) in [6, 6.07) is 9.24. The molecule has 32 heavy (non-hydrogen) atoms. The third-order valence-electron chi connectivity index (χ3n) is 7.59. The van der Waals surface area contributed by atoms with Gasteiger partial charge in [0.25, 0.3) is 5.56 Å². The Morgan fingerprint density at radius 2 is 1.91 bits per heavy atom. The molecule has 1 N–H and O–H groups in total. The van der Waals surface area contributed by atoms with Gasteiger partial charge in [0.2, 0.25) is 0 Å². The molecule has 2 aliphatic carbocycles. The van der Waals surface area contributed by atoms with E-state index >= 15 is 0 Å². The number of aryl methyl sites for hydroxylation is 1. The SMILES string of the molecule is CC[C@H](c1nnnn1C1CCCC1)N(Cc1cc2cccc(C)c2[nH]c1=O)C1CCCC1. The minimum atomic E-state index is 0.0139. The maximum atomic E-state index is 13.1. The molecule has 0 spiro atoms. The zero-order valence-corrected chi connectivity index (χ0v) is 19.3. The van der Waals surface area contributed by atoms with E-state index in [1.54, 1.807) is 0 Å². The fourth-order valence-corrected chi connectivity index (χ4v) is 5.87. The average molecular weight is 435 g/mol. The third kappa shape index (κ3) is 3.98. The predicted octanol–water partition coefficient (Wildman–Crippen LogP) is 4.83. The Morgan fingerprint density at radius 1 is 1.16 bits per heavy atom. The number of hydrogen-bond donors (Lipinski definition) is 1. The van der Waals surface area contributed by atoms with Crippen molar-refractivity contribution in [2.45, 2.75) is 96.3 Å². The van der Waals surface area contributed by atoms with Crippen LogP contribution in [-0.4, -0.2) is 36.1 Å². The minimum Gasteiger partial charge on any atom is -0.321 e. The summed E-state index contributed by atoms with van der Waals surface area (Å²) in [5.74, 6) is 0.972. The Hall–Kier alpha value is -2.54. The van der Waals surface area contributed by atoms with Crippen molar-refractivity contribution in [3.05, 3.63) is 51.6 Å². The minimum absolute atomic E-state index is 0.0139. The summed E-state index contributed by atoms with van der Waals surface area (Å²) in [5, 5.41) is 14.1. The largest absolute Gasteiger partial charge is 0.321 e. The second-order valence-electron chi connectivity index (χ2n) is 9.62. The Balaban J connectivity index is 1.52. The van der Waals surface area contributed by atoms with Crippen LogP contribution in [0, 0.1) is 6.92 Å².